The topological polar surface area (TPSA) is 104 Å². The fraction of sp³-hybridized carbons (Fsp3) is 0. The summed E-state index contributed by atoms with van der Waals surface area (Å²) < 4.78 is 0. The van der Waals surface area contributed by atoms with Gasteiger partial charge in [0.05, 0.1) is 23.1 Å². The molecule has 0 bridgehead atoms. The number of hydrogen-bond donors (Lipinski definition) is 3. The van der Waals surface area contributed by atoms with Gasteiger partial charge in [0.2, 0.25) is 0 Å². The molecule has 0 unspecified atom stereocenters. The largest absolute Gasteiger partial charge is 0.383 e. The molecule has 4 heterocycles. The van der Waals surface area contributed by atoms with Crippen LogP contribution in [0.25, 0.3) is 22.0 Å². The molecule has 0 fully saturated rings. The second-order valence-electron chi connectivity index (χ2n) is 5.41. The molecule has 0 saturated heterocycles. The second kappa shape index (κ2) is 5.58. The lowest BCUT2D eigenvalue weighted by Crippen LogP contribution is -2.07. The number of aromatic amines is 1. The molecule has 0 aliphatic rings. The zero-order valence-corrected chi connectivity index (χ0v) is 12.7. The summed E-state index contributed by atoms with van der Waals surface area (Å²) in [6.45, 7) is 0. The Morgan fingerprint density at radius 3 is 2.54 bits per heavy atom. The van der Waals surface area contributed by atoms with Gasteiger partial charge in [0.15, 0.2) is 0 Å². The predicted molar refractivity (Wildman–Crippen MR) is 93.9 cm³/mol. The number of H-pyrrole nitrogens is 1. The first-order valence-corrected chi connectivity index (χ1v) is 7.40. The van der Waals surface area contributed by atoms with E-state index < -0.39 is 0 Å². The Labute approximate surface area is 137 Å². The van der Waals surface area contributed by atoms with Crippen LogP contribution in [0.15, 0.2) is 61.3 Å². The molecule has 4 aromatic rings. The number of aromatic nitrogens is 4. The van der Waals surface area contributed by atoms with Crippen molar-refractivity contribution in [1.29, 1.82) is 5.41 Å². The summed E-state index contributed by atoms with van der Waals surface area (Å²) in [6.07, 6.45) is 8.62. The summed E-state index contributed by atoms with van der Waals surface area (Å²) >= 11 is 0. The van der Waals surface area contributed by atoms with E-state index in [0.29, 0.717) is 22.8 Å². The minimum Gasteiger partial charge on any atom is -0.383 e. The van der Waals surface area contributed by atoms with Crippen LogP contribution in [0.3, 0.4) is 0 Å². The molecule has 0 amide bonds. The molecule has 0 saturated carbocycles. The quantitative estimate of drug-likeness (QED) is 0.505. The first-order chi connectivity index (χ1) is 11.7. The van der Waals surface area contributed by atoms with Crippen LogP contribution in [-0.2, 0) is 0 Å². The lowest BCUT2D eigenvalue weighted by Gasteiger charge is -2.08. The maximum Gasteiger partial charge on any atom is 0.132 e. The average molecular weight is 314 g/mol. The Balaban J connectivity index is 1.79. The van der Waals surface area contributed by atoms with Crippen molar-refractivity contribution in [2.75, 3.05) is 5.73 Å². The summed E-state index contributed by atoms with van der Waals surface area (Å²) in [7, 11) is 0. The van der Waals surface area contributed by atoms with Gasteiger partial charge in [-0.05, 0) is 35.9 Å². The van der Waals surface area contributed by atoms with Crippen LogP contribution in [0, 0.1) is 5.41 Å². The van der Waals surface area contributed by atoms with Gasteiger partial charge in [0.25, 0.3) is 0 Å². The fourth-order valence-corrected chi connectivity index (χ4v) is 2.63. The summed E-state index contributed by atoms with van der Waals surface area (Å²) in [6, 6.07) is 9.49. The SMILES string of the molecule is N=C(c1cc2ccncc2[nH]1)c1cc(-c2ccncc2)cnc1N. The van der Waals surface area contributed by atoms with Gasteiger partial charge in [-0.2, -0.15) is 0 Å². The van der Waals surface area contributed by atoms with Crippen LogP contribution >= 0.6 is 0 Å². The lowest BCUT2D eigenvalue weighted by atomic mass is 10.0. The molecular formula is C18H14N6. The van der Waals surface area contributed by atoms with E-state index in [4.69, 9.17) is 11.1 Å². The van der Waals surface area contributed by atoms with Crippen molar-refractivity contribution < 1.29 is 0 Å². The molecule has 0 aliphatic heterocycles. The average Bonchev–Trinajstić information content (AvgIpc) is 3.06. The third kappa shape index (κ3) is 2.40. The van der Waals surface area contributed by atoms with Crippen LogP contribution in [0.2, 0.25) is 0 Å². The van der Waals surface area contributed by atoms with Gasteiger partial charge in [-0.1, -0.05) is 0 Å². The summed E-state index contributed by atoms with van der Waals surface area (Å²) in [5.74, 6) is 0.328. The van der Waals surface area contributed by atoms with Crippen molar-refractivity contribution in [2.24, 2.45) is 0 Å². The molecule has 24 heavy (non-hydrogen) atoms. The number of hydrogen-bond acceptors (Lipinski definition) is 5. The van der Waals surface area contributed by atoms with Crippen LogP contribution < -0.4 is 5.73 Å². The smallest absolute Gasteiger partial charge is 0.132 e. The third-order valence-electron chi connectivity index (χ3n) is 3.89. The Morgan fingerprint density at radius 2 is 1.75 bits per heavy atom. The van der Waals surface area contributed by atoms with E-state index in [1.165, 1.54) is 0 Å². The highest BCUT2D eigenvalue weighted by molar-refractivity contribution is 6.14. The van der Waals surface area contributed by atoms with Crippen molar-refractivity contribution >= 4 is 22.4 Å². The first-order valence-electron chi connectivity index (χ1n) is 7.40. The van der Waals surface area contributed by atoms with Crippen molar-refractivity contribution in [3.05, 3.63) is 72.6 Å². The van der Waals surface area contributed by atoms with E-state index in [1.54, 1.807) is 31.0 Å². The molecule has 0 spiro atoms. The number of pyridine rings is 3. The normalized spacial score (nSPS) is 10.8. The highest BCUT2D eigenvalue weighted by Gasteiger charge is 2.13. The van der Waals surface area contributed by atoms with Gasteiger partial charge in [0, 0.05) is 41.3 Å². The van der Waals surface area contributed by atoms with E-state index in [-0.39, 0.29) is 0 Å². The molecule has 116 valence electrons. The third-order valence-corrected chi connectivity index (χ3v) is 3.89. The summed E-state index contributed by atoms with van der Waals surface area (Å²) in [4.78, 5) is 15.6. The molecule has 0 aliphatic carbocycles. The summed E-state index contributed by atoms with van der Waals surface area (Å²) in [5.41, 5.74) is 10.3. The minimum atomic E-state index is 0.298. The molecule has 4 aromatic heterocycles. The monoisotopic (exact) mass is 314 g/mol. The number of nitrogens with one attached hydrogen (secondary N) is 2. The van der Waals surface area contributed by atoms with Gasteiger partial charge in [0.1, 0.15) is 5.82 Å². The van der Waals surface area contributed by atoms with Crippen molar-refractivity contribution in [3.63, 3.8) is 0 Å². The van der Waals surface area contributed by atoms with Crippen LogP contribution in [0.1, 0.15) is 11.3 Å². The fourth-order valence-electron chi connectivity index (χ4n) is 2.63. The van der Waals surface area contributed by atoms with Crippen LogP contribution in [0.5, 0.6) is 0 Å². The Kier molecular flexibility index (Phi) is 3.28. The van der Waals surface area contributed by atoms with Gasteiger partial charge in [-0.25, -0.2) is 4.98 Å². The van der Waals surface area contributed by atoms with E-state index in [0.717, 1.165) is 22.0 Å². The number of nitrogens with zero attached hydrogens (tertiary/aromatic N) is 3. The Hall–Kier alpha value is -3.54. The Morgan fingerprint density at radius 1 is 0.958 bits per heavy atom. The predicted octanol–water partition coefficient (Wildman–Crippen LogP) is 3.02. The maximum absolute atomic E-state index is 8.52. The number of rotatable bonds is 3. The Bertz CT molecular complexity index is 1000. The molecule has 6 heteroatoms. The number of nitrogens with two attached hydrogens (primary N) is 1. The van der Waals surface area contributed by atoms with E-state index in [9.17, 15) is 0 Å². The van der Waals surface area contributed by atoms with Crippen molar-refractivity contribution in [2.45, 2.75) is 0 Å². The van der Waals surface area contributed by atoms with Gasteiger partial charge in [-0.15, -0.1) is 0 Å². The summed E-state index contributed by atoms with van der Waals surface area (Å²) in [5, 5.41) is 9.52. The zero-order chi connectivity index (χ0) is 16.5. The molecule has 0 aromatic carbocycles. The maximum atomic E-state index is 8.52. The molecular weight excluding hydrogens is 300 g/mol. The highest BCUT2D eigenvalue weighted by Crippen LogP contribution is 2.24. The molecule has 4 rings (SSSR count). The van der Waals surface area contributed by atoms with Gasteiger partial charge in [-0.3, -0.25) is 15.4 Å². The second-order valence-corrected chi connectivity index (χ2v) is 5.41. The van der Waals surface area contributed by atoms with Crippen LogP contribution in [-0.4, -0.2) is 25.6 Å². The van der Waals surface area contributed by atoms with E-state index in [2.05, 4.69) is 19.9 Å². The van der Waals surface area contributed by atoms with Crippen molar-refractivity contribution in [3.8, 4) is 11.1 Å². The minimum absolute atomic E-state index is 0.298. The van der Waals surface area contributed by atoms with Gasteiger partial charge < -0.3 is 10.7 Å². The first kappa shape index (κ1) is 14.1. The lowest BCUT2D eigenvalue weighted by molar-refractivity contribution is 1.28. The molecule has 4 N–H and O–H groups in total. The standard InChI is InChI=1S/C18H14N6/c19-17(15-8-12-3-6-22-10-16(12)24-15)14-7-13(9-23-18(14)20)11-1-4-21-5-2-11/h1-10,19,24H,(H2,20,23). The molecule has 6 nitrogen and oxygen atoms in total. The van der Waals surface area contributed by atoms with E-state index >= 15 is 0 Å². The molecule has 0 atom stereocenters. The van der Waals surface area contributed by atoms with E-state index in [1.807, 2.05) is 30.3 Å². The van der Waals surface area contributed by atoms with Crippen LogP contribution in [0.4, 0.5) is 5.82 Å². The number of nitrogen functional groups attached to an aromatic ring is 1. The van der Waals surface area contributed by atoms with Gasteiger partial charge >= 0.3 is 0 Å². The number of fused-ring (bicyclic) bond motifs is 1. The van der Waals surface area contributed by atoms with Crippen molar-refractivity contribution in [1.82, 2.24) is 19.9 Å². The highest BCUT2D eigenvalue weighted by atomic mass is 14.8. The molecule has 0 radical (unpaired) electrons. The zero-order valence-electron chi connectivity index (χ0n) is 12.7. The number of anilines is 1.